The lowest BCUT2D eigenvalue weighted by molar-refractivity contribution is -0.121. The Balaban J connectivity index is 1.52. The van der Waals surface area contributed by atoms with Crippen LogP contribution in [0.2, 0.25) is 0 Å². The van der Waals surface area contributed by atoms with Crippen LogP contribution in [0.25, 0.3) is 11.0 Å². The molecule has 0 aliphatic carbocycles. The average molecular weight is 298 g/mol. The third-order valence-electron chi connectivity index (χ3n) is 3.45. The van der Waals surface area contributed by atoms with Crippen molar-refractivity contribution in [2.75, 3.05) is 0 Å². The van der Waals surface area contributed by atoms with Crippen molar-refractivity contribution in [3.05, 3.63) is 42.7 Å². The third kappa shape index (κ3) is 3.30. The summed E-state index contributed by atoms with van der Waals surface area (Å²) in [6.45, 7) is 2.61. The first-order valence-corrected chi connectivity index (χ1v) is 7.29. The van der Waals surface area contributed by atoms with Gasteiger partial charge in [0.2, 0.25) is 5.91 Å². The van der Waals surface area contributed by atoms with E-state index in [4.69, 9.17) is 0 Å². The minimum absolute atomic E-state index is 0.00747. The normalized spacial score (nSPS) is 12.4. The molecule has 0 spiro atoms. The van der Waals surface area contributed by atoms with Crippen LogP contribution in [-0.4, -0.2) is 30.6 Å². The minimum atomic E-state index is -0.147. The Labute approximate surface area is 127 Å². The molecule has 7 nitrogen and oxygen atoms in total. The molecule has 3 rings (SSSR count). The molecule has 1 aromatic carbocycles. The van der Waals surface area contributed by atoms with Crippen molar-refractivity contribution in [2.24, 2.45) is 0 Å². The van der Waals surface area contributed by atoms with E-state index in [2.05, 4.69) is 25.4 Å². The number of rotatable bonds is 6. The highest BCUT2D eigenvalue weighted by Gasteiger charge is 2.13. The number of nitrogens with zero attached hydrogens (tertiary/aromatic N) is 4. The van der Waals surface area contributed by atoms with Gasteiger partial charge in [-0.2, -0.15) is 5.10 Å². The van der Waals surface area contributed by atoms with E-state index < -0.39 is 0 Å². The Morgan fingerprint density at radius 1 is 1.41 bits per heavy atom. The fraction of sp³-hybridized carbons (Fsp3) is 0.333. The molecule has 0 saturated heterocycles. The summed E-state index contributed by atoms with van der Waals surface area (Å²) in [5.74, 6) is 0.777. The maximum absolute atomic E-state index is 12.0. The summed E-state index contributed by atoms with van der Waals surface area (Å²) in [4.78, 5) is 23.6. The number of imidazole rings is 1. The minimum Gasteiger partial charge on any atom is -0.346 e. The van der Waals surface area contributed by atoms with Gasteiger partial charge < -0.3 is 10.3 Å². The number of hydrogen-bond acceptors (Lipinski definition) is 4. The van der Waals surface area contributed by atoms with E-state index in [1.807, 2.05) is 31.2 Å². The zero-order valence-corrected chi connectivity index (χ0v) is 12.4. The fourth-order valence-electron chi connectivity index (χ4n) is 2.31. The number of aromatic nitrogens is 5. The molecular formula is C15H18N6O. The van der Waals surface area contributed by atoms with Crippen LogP contribution in [0.1, 0.15) is 31.6 Å². The second-order valence-electron chi connectivity index (χ2n) is 5.19. The molecule has 1 amide bonds. The second kappa shape index (κ2) is 6.38. The first-order valence-electron chi connectivity index (χ1n) is 7.29. The summed E-state index contributed by atoms with van der Waals surface area (Å²) in [6.07, 6.45) is 4.31. The summed E-state index contributed by atoms with van der Waals surface area (Å²) in [5, 5.41) is 6.96. The number of amides is 1. The van der Waals surface area contributed by atoms with E-state index in [-0.39, 0.29) is 11.9 Å². The second-order valence-corrected chi connectivity index (χ2v) is 5.19. The maximum Gasteiger partial charge on any atom is 0.220 e. The number of carbonyl (C=O) groups is 1. The molecule has 2 aromatic heterocycles. The smallest absolute Gasteiger partial charge is 0.220 e. The number of benzene rings is 1. The van der Waals surface area contributed by atoms with Gasteiger partial charge in [0.25, 0.3) is 0 Å². The predicted octanol–water partition coefficient (Wildman–Crippen LogP) is 1.81. The number of aryl methyl sites for hydroxylation is 1. The molecule has 1 unspecified atom stereocenters. The van der Waals surface area contributed by atoms with Crippen LogP contribution in [0, 0.1) is 0 Å². The number of hydrogen-bond donors (Lipinski definition) is 2. The van der Waals surface area contributed by atoms with Crippen LogP contribution in [0.15, 0.2) is 36.9 Å². The van der Waals surface area contributed by atoms with Crippen LogP contribution in [0.3, 0.4) is 0 Å². The molecule has 0 aliphatic heterocycles. The van der Waals surface area contributed by atoms with Crippen molar-refractivity contribution in [1.82, 2.24) is 30.0 Å². The Morgan fingerprint density at radius 2 is 2.27 bits per heavy atom. The van der Waals surface area contributed by atoms with E-state index in [0.29, 0.717) is 13.0 Å². The van der Waals surface area contributed by atoms with Gasteiger partial charge in [0.05, 0.1) is 17.1 Å². The molecule has 0 bridgehead atoms. The van der Waals surface area contributed by atoms with Crippen LogP contribution in [-0.2, 0) is 11.3 Å². The van der Waals surface area contributed by atoms with Gasteiger partial charge in [-0.15, -0.1) is 0 Å². The number of H-pyrrole nitrogens is 1. The summed E-state index contributed by atoms with van der Waals surface area (Å²) < 4.78 is 1.72. The molecule has 0 radical (unpaired) electrons. The van der Waals surface area contributed by atoms with Gasteiger partial charge in [-0.25, -0.2) is 9.97 Å². The monoisotopic (exact) mass is 298 g/mol. The quantitative estimate of drug-likeness (QED) is 0.726. The lowest BCUT2D eigenvalue weighted by Crippen LogP contribution is -2.27. The first kappa shape index (κ1) is 14.2. The lowest BCUT2D eigenvalue weighted by atomic mass is 10.2. The van der Waals surface area contributed by atoms with Gasteiger partial charge in [-0.3, -0.25) is 9.48 Å². The highest BCUT2D eigenvalue weighted by atomic mass is 16.1. The van der Waals surface area contributed by atoms with Gasteiger partial charge in [-0.05, 0) is 25.5 Å². The van der Waals surface area contributed by atoms with Crippen molar-refractivity contribution >= 4 is 16.9 Å². The molecule has 2 heterocycles. The molecule has 0 fully saturated rings. The Hall–Kier alpha value is -2.70. The van der Waals surface area contributed by atoms with Crippen LogP contribution in [0.5, 0.6) is 0 Å². The lowest BCUT2D eigenvalue weighted by Gasteiger charge is -2.11. The van der Waals surface area contributed by atoms with E-state index in [9.17, 15) is 4.79 Å². The molecule has 7 heteroatoms. The zero-order chi connectivity index (χ0) is 15.4. The van der Waals surface area contributed by atoms with Gasteiger partial charge in [-0.1, -0.05) is 12.1 Å². The molecule has 0 aliphatic rings. The van der Waals surface area contributed by atoms with Crippen molar-refractivity contribution in [1.29, 1.82) is 0 Å². The zero-order valence-electron chi connectivity index (χ0n) is 12.4. The number of fused-ring (bicyclic) bond motifs is 1. The predicted molar refractivity (Wildman–Crippen MR) is 81.9 cm³/mol. The molecule has 2 N–H and O–H groups in total. The van der Waals surface area contributed by atoms with Crippen molar-refractivity contribution in [3.63, 3.8) is 0 Å². The summed E-state index contributed by atoms with van der Waals surface area (Å²) >= 11 is 0. The topological polar surface area (TPSA) is 88.5 Å². The van der Waals surface area contributed by atoms with Crippen molar-refractivity contribution in [2.45, 2.75) is 32.4 Å². The van der Waals surface area contributed by atoms with Crippen molar-refractivity contribution in [3.8, 4) is 0 Å². The molecular weight excluding hydrogens is 280 g/mol. The van der Waals surface area contributed by atoms with E-state index >= 15 is 0 Å². The van der Waals surface area contributed by atoms with Gasteiger partial charge in [0, 0.05) is 13.0 Å². The summed E-state index contributed by atoms with van der Waals surface area (Å²) in [5.41, 5.74) is 1.88. The SMILES string of the molecule is CC(NC(=O)CCCn1cncn1)c1nc2ccccc2[nH]1. The van der Waals surface area contributed by atoms with E-state index in [0.717, 1.165) is 23.3 Å². The van der Waals surface area contributed by atoms with E-state index in [1.165, 1.54) is 6.33 Å². The molecule has 0 saturated carbocycles. The summed E-state index contributed by atoms with van der Waals surface area (Å²) in [6, 6.07) is 7.67. The molecule has 114 valence electrons. The third-order valence-corrected chi connectivity index (χ3v) is 3.45. The van der Waals surface area contributed by atoms with Crippen molar-refractivity contribution < 1.29 is 4.79 Å². The van der Waals surface area contributed by atoms with Crippen LogP contribution >= 0.6 is 0 Å². The molecule has 22 heavy (non-hydrogen) atoms. The van der Waals surface area contributed by atoms with Gasteiger partial charge >= 0.3 is 0 Å². The molecule has 3 aromatic rings. The maximum atomic E-state index is 12.0. The number of para-hydroxylation sites is 2. The van der Waals surface area contributed by atoms with Crippen LogP contribution < -0.4 is 5.32 Å². The Bertz CT molecular complexity index is 715. The number of aromatic amines is 1. The van der Waals surface area contributed by atoms with Gasteiger partial charge in [0.1, 0.15) is 18.5 Å². The first-order chi connectivity index (χ1) is 10.7. The average Bonchev–Trinajstić information content (AvgIpc) is 3.16. The van der Waals surface area contributed by atoms with Crippen LogP contribution in [0.4, 0.5) is 0 Å². The highest BCUT2D eigenvalue weighted by molar-refractivity contribution is 5.77. The summed E-state index contributed by atoms with van der Waals surface area (Å²) in [7, 11) is 0. The number of carbonyl (C=O) groups excluding carboxylic acids is 1. The Morgan fingerprint density at radius 3 is 3.05 bits per heavy atom. The Kier molecular flexibility index (Phi) is 4.13. The highest BCUT2D eigenvalue weighted by Crippen LogP contribution is 2.15. The largest absolute Gasteiger partial charge is 0.346 e. The van der Waals surface area contributed by atoms with Gasteiger partial charge in [0.15, 0.2) is 0 Å². The standard InChI is InChI=1S/C15H18N6O/c1-11(15-19-12-5-2-3-6-13(12)20-15)18-14(22)7-4-8-21-10-16-9-17-21/h2-3,5-6,9-11H,4,7-8H2,1H3,(H,18,22)(H,19,20). The molecule has 1 atom stereocenters. The van der Waals surface area contributed by atoms with E-state index in [1.54, 1.807) is 11.0 Å². The fourth-order valence-corrected chi connectivity index (χ4v) is 2.31. The number of nitrogens with one attached hydrogen (secondary N) is 2.